The second kappa shape index (κ2) is 5.21. The molecule has 82 valence electrons. The quantitative estimate of drug-likeness (QED) is 0.470. The number of carbonyl (C=O) groups excluding carboxylic acids is 1. The molecule has 0 unspecified atom stereocenters. The first kappa shape index (κ1) is 13.2. The average molecular weight is 220 g/mol. The molecule has 0 saturated carbocycles. The number of likely N-dealkylation sites (N-methyl/N-ethyl adjacent to an activating group) is 1. The van der Waals surface area contributed by atoms with Crippen molar-refractivity contribution in [3.63, 3.8) is 0 Å². The van der Waals surface area contributed by atoms with Gasteiger partial charge in [0.15, 0.2) is 0 Å². The highest BCUT2D eigenvalue weighted by molar-refractivity contribution is 7.81. The Morgan fingerprint density at radius 1 is 1.50 bits per heavy atom. The summed E-state index contributed by atoms with van der Waals surface area (Å²) in [6.07, 6.45) is 0. The molecule has 1 amide bonds. The van der Waals surface area contributed by atoms with Crippen LogP contribution in [0.1, 0.15) is 13.8 Å². The predicted molar refractivity (Wildman–Crippen MR) is 56.6 cm³/mol. The van der Waals surface area contributed by atoms with Gasteiger partial charge in [-0.25, -0.2) is 4.79 Å². The van der Waals surface area contributed by atoms with Gasteiger partial charge >= 0.3 is 5.97 Å². The SMILES string of the molecule is CNCC(=O)N[C@H](C(=O)O)C(C)(C)S. The van der Waals surface area contributed by atoms with Crippen LogP contribution in [-0.2, 0) is 9.59 Å². The fraction of sp³-hybridized carbons (Fsp3) is 0.750. The Labute approximate surface area is 88.7 Å². The van der Waals surface area contributed by atoms with Crippen LogP contribution in [0.25, 0.3) is 0 Å². The molecular formula is C8H16N2O3S. The number of amides is 1. The molecule has 0 spiro atoms. The predicted octanol–water partition coefficient (Wildman–Crippen LogP) is -0.516. The van der Waals surface area contributed by atoms with E-state index in [1.165, 1.54) is 0 Å². The van der Waals surface area contributed by atoms with Crippen molar-refractivity contribution in [2.24, 2.45) is 0 Å². The van der Waals surface area contributed by atoms with E-state index in [9.17, 15) is 9.59 Å². The van der Waals surface area contributed by atoms with Crippen LogP contribution in [0.4, 0.5) is 0 Å². The highest BCUT2D eigenvalue weighted by atomic mass is 32.1. The minimum atomic E-state index is -1.09. The first-order chi connectivity index (χ1) is 6.29. The van der Waals surface area contributed by atoms with Gasteiger partial charge in [0.2, 0.25) is 5.91 Å². The Morgan fingerprint density at radius 2 is 2.00 bits per heavy atom. The van der Waals surface area contributed by atoms with Crippen LogP contribution in [0, 0.1) is 0 Å². The summed E-state index contributed by atoms with van der Waals surface area (Å²) in [7, 11) is 1.61. The topological polar surface area (TPSA) is 78.4 Å². The summed E-state index contributed by atoms with van der Waals surface area (Å²) in [5.74, 6) is -1.45. The van der Waals surface area contributed by atoms with Crippen molar-refractivity contribution < 1.29 is 14.7 Å². The second-order valence-electron chi connectivity index (χ2n) is 3.52. The van der Waals surface area contributed by atoms with Crippen LogP contribution in [-0.4, -0.2) is 41.4 Å². The molecule has 0 aromatic rings. The molecule has 0 aliphatic carbocycles. The first-order valence-electron chi connectivity index (χ1n) is 4.18. The van der Waals surface area contributed by atoms with Crippen LogP contribution in [0.15, 0.2) is 0 Å². The number of hydrogen-bond acceptors (Lipinski definition) is 4. The van der Waals surface area contributed by atoms with Gasteiger partial charge in [-0.05, 0) is 20.9 Å². The van der Waals surface area contributed by atoms with Gasteiger partial charge < -0.3 is 15.7 Å². The minimum absolute atomic E-state index is 0.0909. The number of aliphatic carboxylic acids is 1. The maximum atomic E-state index is 11.1. The van der Waals surface area contributed by atoms with Gasteiger partial charge in [0.05, 0.1) is 6.54 Å². The number of carbonyl (C=O) groups is 2. The van der Waals surface area contributed by atoms with Crippen molar-refractivity contribution in [2.75, 3.05) is 13.6 Å². The lowest BCUT2D eigenvalue weighted by atomic mass is 10.0. The van der Waals surface area contributed by atoms with Crippen molar-refractivity contribution in [2.45, 2.75) is 24.6 Å². The average Bonchev–Trinajstić information content (AvgIpc) is 1.98. The van der Waals surface area contributed by atoms with E-state index in [0.717, 1.165) is 0 Å². The van der Waals surface area contributed by atoms with Crippen LogP contribution < -0.4 is 10.6 Å². The molecule has 1 atom stereocenters. The number of thiol groups is 1. The zero-order valence-electron chi connectivity index (χ0n) is 8.50. The van der Waals surface area contributed by atoms with Gasteiger partial charge in [-0.3, -0.25) is 4.79 Å². The summed E-state index contributed by atoms with van der Waals surface area (Å²) in [6, 6.07) is -0.994. The van der Waals surface area contributed by atoms with Gasteiger partial charge in [0, 0.05) is 4.75 Å². The summed E-state index contributed by atoms with van der Waals surface area (Å²) >= 11 is 4.12. The Balaban J connectivity index is 4.40. The second-order valence-corrected chi connectivity index (χ2v) is 4.68. The summed E-state index contributed by atoms with van der Waals surface area (Å²) in [6.45, 7) is 3.36. The Bertz CT molecular complexity index is 225. The maximum Gasteiger partial charge on any atom is 0.327 e. The van der Waals surface area contributed by atoms with Gasteiger partial charge in [-0.2, -0.15) is 12.6 Å². The molecule has 0 aliphatic rings. The summed E-state index contributed by atoms with van der Waals surface area (Å²) in [5.41, 5.74) is 0. The minimum Gasteiger partial charge on any atom is -0.480 e. The van der Waals surface area contributed by atoms with E-state index in [2.05, 4.69) is 23.3 Å². The molecule has 0 fully saturated rings. The van der Waals surface area contributed by atoms with E-state index in [-0.39, 0.29) is 12.5 Å². The normalized spacial score (nSPS) is 13.4. The van der Waals surface area contributed by atoms with Crippen molar-refractivity contribution in [1.29, 1.82) is 0 Å². The number of rotatable bonds is 5. The lowest BCUT2D eigenvalue weighted by molar-refractivity contribution is -0.142. The van der Waals surface area contributed by atoms with Gasteiger partial charge in [-0.1, -0.05) is 0 Å². The summed E-state index contributed by atoms with van der Waals surface area (Å²) in [4.78, 5) is 21.9. The Kier molecular flexibility index (Phi) is 4.93. The summed E-state index contributed by atoms with van der Waals surface area (Å²) in [5, 5.41) is 13.9. The lowest BCUT2D eigenvalue weighted by Crippen LogP contribution is -2.53. The Hall–Kier alpha value is -0.750. The van der Waals surface area contributed by atoms with Crippen molar-refractivity contribution in [3.8, 4) is 0 Å². The molecule has 0 aromatic carbocycles. The van der Waals surface area contributed by atoms with Crippen LogP contribution in [0.3, 0.4) is 0 Å². The monoisotopic (exact) mass is 220 g/mol. The van der Waals surface area contributed by atoms with Gasteiger partial charge in [0.1, 0.15) is 6.04 Å². The van der Waals surface area contributed by atoms with E-state index >= 15 is 0 Å². The van der Waals surface area contributed by atoms with Crippen molar-refractivity contribution in [3.05, 3.63) is 0 Å². The molecule has 3 N–H and O–H groups in total. The number of nitrogens with one attached hydrogen (secondary N) is 2. The van der Waals surface area contributed by atoms with E-state index in [4.69, 9.17) is 5.11 Å². The third-order valence-corrected chi connectivity index (χ3v) is 1.85. The molecular weight excluding hydrogens is 204 g/mol. The van der Waals surface area contributed by atoms with Gasteiger partial charge in [0.25, 0.3) is 0 Å². The van der Waals surface area contributed by atoms with E-state index in [1.807, 2.05) is 0 Å². The smallest absolute Gasteiger partial charge is 0.327 e. The van der Waals surface area contributed by atoms with E-state index in [0.29, 0.717) is 0 Å². The Morgan fingerprint density at radius 3 is 2.29 bits per heavy atom. The molecule has 0 rings (SSSR count). The summed E-state index contributed by atoms with van der Waals surface area (Å²) < 4.78 is -0.796. The van der Waals surface area contributed by atoms with Crippen LogP contribution >= 0.6 is 12.6 Å². The number of hydrogen-bond donors (Lipinski definition) is 4. The zero-order valence-corrected chi connectivity index (χ0v) is 9.39. The highest BCUT2D eigenvalue weighted by Gasteiger charge is 2.33. The molecule has 5 nitrogen and oxygen atoms in total. The molecule has 0 aliphatic heterocycles. The molecule has 0 saturated heterocycles. The molecule has 6 heteroatoms. The largest absolute Gasteiger partial charge is 0.480 e. The maximum absolute atomic E-state index is 11.1. The van der Waals surface area contributed by atoms with Gasteiger partial charge in [-0.15, -0.1) is 0 Å². The molecule has 0 heterocycles. The molecule has 0 bridgehead atoms. The highest BCUT2D eigenvalue weighted by Crippen LogP contribution is 2.17. The van der Waals surface area contributed by atoms with Crippen LogP contribution in [0.5, 0.6) is 0 Å². The fourth-order valence-corrected chi connectivity index (χ4v) is 1.09. The van der Waals surface area contributed by atoms with E-state index < -0.39 is 16.8 Å². The molecule has 14 heavy (non-hydrogen) atoms. The lowest BCUT2D eigenvalue weighted by Gasteiger charge is -2.26. The van der Waals surface area contributed by atoms with Crippen molar-refractivity contribution >= 4 is 24.5 Å². The van der Waals surface area contributed by atoms with Crippen LogP contribution in [0.2, 0.25) is 0 Å². The molecule has 0 aromatic heterocycles. The third kappa shape index (κ3) is 4.48. The number of carboxylic acid groups (broad SMARTS) is 1. The fourth-order valence-electron chi connectivity index (χ4n) is 0.913. The van der Waals surface area contributed by atoms with Crippen molar-refractivity contribution in [1.82, 2.24) is 10.6 Å². The first-order valence-corrected chi connectivity index (χ1v) is 4.63. The standard InChI is InChI=1S/C8H16N2O3S/c1-8(2,14)6(7(12)13)10-5(11)4-9-3/h6,9,14H,4H2,1-3H3,(H,10,11)(H,12,13)/t6-/m1/s1. The zero-order chi connectivity index (χ0) is 11.4. The third-order valence-electron chi connectivity index (χ3n) is 1.60. The van der Waals surface area contributed by atoms with E-state index in [1.54, 1.807) is 20.9 Å². The molecule has 0 radical (unpaired) electrons. The number of carboxylic acids is 1.